The second-order valence-electron chi connectivity index (χ2n) is 8.38. The van der Waals surface area contributed by atoms with E-state index in [0.717, 1.165) is 20.6 Å². The molecule has 7 nitrogen and oxygen atoms in total. The maximum atomic E-state index is 14.2. The summed E-state index contributed by atoms with van der Waals surface area (Å²) < 4.78 is 40.6. The first-order valence-corrected chi connectivity index (χ1v) is 13.6. The number of halogens is 2. The lowest BCUT2D eigenvalue weighted by atomic mass is 10.1. The third-order valence-corrected chi connectivity index (χ3v) is 6.79. The van der Waals surface area contributed by atoms with Gasteiger partial charge in [0.1, 0.15) is 11.9 Å². The van der Waals surface area contributed by atoms with Crippen LogP contribution in [0.5, 0.6) is 0 Å². The van der Waals surface area contributed by atoms with Crippen molar-refractivity contribution in [2.45, 2.75) is 52.2 Å². The predicted octanol–water partition coefficient (Wildman–Crippen LogP) is 4.08. The minimum Gasteiger partial charge on any atom is -0.352 e. The fourth-order valence-corrected chi connectivity index (χ4v) is 4.87. The van der Waals surface area contributed by atoms with Gasteiger partial charge in [0.05, 0.1) is 11.9 Å². The molecular weight excluding hydrogens is 525 g/mol. The maximum absolute atomic E-state index is 14.2. The van der Waals surface area contributed by atoms with Crippen LogP contribution in [0.15, 0.2) is 53.0 Å². The normalized spacial score (nSPS) is 12.3. The number of nitrogens with one attached hydrogen (secondary N) is 1. The molecule has 0 saturated heterocycles. The van der Waals surface area contributed by atoms with Crippen LogP contribution in [0.25, 0.3) is 0 Å². The number of carbonyl (C=O) groups excluding carboxylic acids is 2. The molecule has 0 spiro atoms. The summed E-state index contributed by atoms with van der Waals surface area (Å²) in [6.07, 6.45) is 1.15. The van der Waals surface area contributed by atoms with Gasteiger partial charge in [-0.05, 0) is 57.0 Å². The van der Waals surface area contributed by atoms with Crippen LogP contribution in [0.2, 0.25) is 0 Å². The van der Waals surface area contributed by atoms with E-state index in [1.807, 2.05) is 38.1 Å². The van der Waals surface area contributed by atoms with Gasteiger partial charge in [-0.15, -0.1) is 0 Å². The molecule has 0 bridgehead atoms. The largest absolute Gasteiger partial charge is 0.352 e. The van der Waals surface area contributed by atoms with E-state index in [1.165, 1.54) is 23.1 Å². The molecule has 2 aromatic rings. The van der Waals surface area contributed by atoms with E-state index in [4.69, 9.17) is 0 Å². The molecular formula is C24H31BrFN3O4S. The zero-order valence-electron chi connectivity index (χ0n) is 19.8. The molecule has 0 radical (unpaired) electrons. The Hall–Kier alpha value is -2.46. The summed E-state index contributed by atoms with van der Waals surface area (Å²) in [6, 6.07) is 12.2. The molecule has 186 valence electrons. The zero-order chi connectivity index (χ0) is 25.5. The summed E-state index contributed by atoms with van der Waals surface area (Å²) in [6.45, 7) is 5.49. The van der Waals surface area contributed by atoms with Crippen LogP contribution < -0.4 is 9.62 Å². The quantitative estimate of drug-likeness (QED) is 0.452. The van der Waals surface area contributed by atoms with E-state index in [1.54, 1.807) is 13.0 Å². The van der Waals surface area contributed by atoms with Crippen molar-refractivity contribution in [3.63, 3.8) is 0 Å². The molecule has 2 aromatic carbocycles. The number of rotatable bonds is 11. The van der Waals surface area contributed by atoms with Crippen LogP contribution in [0.4, 0.5) is 10.1 Å². The van der Waals surface area contributed by atoms with Gasteiger partial charge in [-0.1, -0.05) is 40.2 Å². The minimum absolute atomic E-state index is 0.00618. The highest BCUT2D eigenvalue weighted by Gasteiger charge is 2.27. The van der Waals surface area contributed by atoms with E-state index >= 15 is 0 Å². The third-order valence-electron chi connectivity index (χ3n) is 5.11. The fourth-order valence-electron chi connectivity index (χ4n) is 3.46. The Morgan fingerprint density at radius 3 is 2.35 bits per heavy atom. The fraction of sp³-hybridized carbons (Fsp3) is 0.417. The Labute approximate surface area is 209 Å². The van der Waals surface area contributed by atoms with Crippen LogP contribution >= 0.6 is 15.9 Å². The van der Waals surface area contributed by atoms with E-state index in [-0.39, 0.29) is 49.5 Å². The lowest BCUT2D eigenvalue weighted by molar-refractivity contribution is -0.140. The van der Waals surface area contributed by atoms with Crippen LogP contribution in [-0.2, 0) is 26.2 Å². The molecule has 0 saturated carbocycles. The molecule has 0 aromatic heterocycles. The van der Waals surface area contributed by atoms with Gasteiger partial charge in [-0.3, -0.25) is 13.9 Å². The Morgan fingerprint density at radius 1 is 1.09 bits per heavy atom. The Balaban J connectivity index is 2.18. The smallest absolute Gasteiger partial charge is 0.242 e. The van der Waals surface area contributed by atoms with Gasteiger partial charge in [-0.2, -0.15) is 0 Å². The van der Waals surface area contributed by atoms with Gasteiger partial charge in [0.25, 0.3) is 0 Å². The molecule has 1 atom stereocenters. The number of anilines is 1. The highest BCUT2D eigenvalue weighted by Crippen LogP contribution is 2.22. The molecule has 1 N–H and O–H groups in total. The van der Waals surface area contributed by atoms with Crippen molar-refractivity contribution in [2.24, 2.45) is 0 Å². The van der Waals surface area contributed by atoms with Gasteiger partial charge < -0.3 is 10.2 Å². The first-order chi connectivity index (χ1) is 15.9. The molecule has 0 aliphatic carbocycles. The molecule has 10 heteroatoms. The number of benzene rings is 2. The van der Waals surface area contributed by atoms with Crippen molar-refractivity contribution in [1.29, 1.82) is 0 Å². The van der Waals surface area contributed by atoms with Crippen molar-refractivity contribution >= 4 is 43.5 Å². The van der Waals surface area contributed by atoms with Gasteiger partial charge in [0.15, 0.2) is 0 Å². The standard InChI is InChI=1S/C24H31BrFN3O4S/c1-17(2)27-24(31)18(3)28(16-19-9-7-10-20(25)15-19)23(30)13-8-14-29(34(4,32)33)22-12-6-5-11-21(22)26/h5-7,9-12,15,17-18H,8,13-14,16H2,1-4H3,(H,27,31)/t18-/m0/s1. The van der Waals surface area contributed by atoms with Crippen molar-refractivity contribution in [2.75, 3.05) is 17.1 Å². The molecule has 2 rings (SSSR count). The summed E-state index contributed by atoms with van der Waals surface area (Å²) in [4.78, 5) is 27.3. The van der Waals surface area contributed by atoms with Gasteiger partial charge >= 0.3 is 0 Å². The number of nitrogens with zero attached hydrogens (tertiary/aromatic N) is 2. The maximum Gasteiger partial charge on any atom is 0.242 e. The van der Waals surface area contributed by atoms with Gasteiger partial charge in [-0.25, -0.2) is 12.8 Å². The summed E-state index contributed by atoms with van der Waals surface area (Å²) >= 11 is 3.42. The van der Waals surface area contributed by atoms with E-state index in [9.17, 15) is 22.4 Å². The average molecular weight is 556 g/mol. The van der Waals surface area contributed by atoms with E-state index in [2.05, 4.69) is 21.2 Å². The van der Waals surface area contributed by atoms with Crippen molar-refractivity contribution in [1.82, 2.24) is 10.2 Å². The van der Waals surface area contributed by atoms with Crippen LogP contribution in [-0.4, -0.2) is 50.0 Å². The first kappa shape index (κ1) is 27.8. The monoisotopic (exact) mass is 555 g/mol. The van der Waals surface area contributed by atoms with Crippen LogP contribution in [0, 0.1) is 5.82 Å². The molecule has 0 fully saturated rings. The van der Waals surface area contributed by atoms with Crippen molar-refractivity contribution in [3.8, 4) is 0 Å². The summed E-state index contributed by atoms with van der Waals surface area (Å²) in [5.74, 6) is -1.23. The lowest BCUT2D eigenvalue weighted by Gasteiger charge is -2.30. The number of sulfonamides is 1. The number of amides is 2. The molecule has 0 aliphatic rings. The third kappa shape index (κ3) is 8.09. The highest BCUT2D eigenvalue weighted by molar-refractivity contribution is 9.10. The number of carbonyl (C=O) groups is 2. The summed E-state index contributed by atoms with van der Waals surface area (Å²) in [7, 11) is -3.76. The minimum atomic E-state index is -3.76. The number of para-hydroxylation sites is 1. The molecule has 0 unspecified atom stereocenters. The van der Waals surface area contributed by atoms with Crippen molar-refractivity contribution < 1.29 is 22.4 Å². The first-order valence-electron chi connectivity index (χ1n) is 11.0. The Kier molecular flexibility index (Phi) is 10.1. The SMILES string of the molecule is CC(C)NC(=O)[C@H](C)N(Cc1cccc(Br)c1)C(=O)CCCN(c1ccccc1F)S(C)(=O)=O. The topological polar surface area (TPSA) is 86.8 Å². The van der Waals surface area contributed by atoms with Crippen molar-refractivity contribution in [3.05, 3.63) is 64.4 Å². The summed E-state index contributed by atoms with van der Waals surface area (Å²) in [5.41, 5.74) is 0.782. The molecule has 0 aliphatic heterocycles. The predicted molar refractivity (Wildman–Crippen MR) is 135 cm³/mol. The molecule has 0 heterocycles. The second kappa shape index (κ2) is 12.3. The van der Waals surface area contributed by atoms with Gasteiger partial charge in [0.2, 0.25) is 21.8 Å². The van der Waals surface area contributed by atoms with Crippen LogP contribution in [0.1, 0.15) is 39.2 Å². The molecule has 2 amide bonds. The highest BCUT2D eigenvalue weighted by atomic mass is 79.9. The molecule has 34 heavy (non-hydrogen) atoms. The zero-order valence-corrected chi connectivity index (χ0v) is 22.2. The summed E-state index contributed by atoms with van der Waals surface area (Å²) in [5, 5.41) is 2.83. The van der Waals surface area contributed by atoms with E-state index < -0.39 is 21.9 Å². The average Bonchev–Trinajstić information content (AvgIpc) is 2.74. The number of hydrogen-bond acceptors (Lipinski definition) is 4. The Bertz CT molecular complexity index is 1110. The Morgan fingerprint density at radius 2 is 1.76 bits per heavy atom. The van der Waals surface area contributed by atoms with Crippen LogP contribution in [0.3, 0.4) is 0 Å². The van der Waals surface area contributed by atoms with Gasteiger partial charge in [0, 0.05) is 30.0 Å². The number of hydrogen-bond donors (Lipinski definition) is 1. The lowest BCUT2D eigenvalue weighted by Crippen LogP contribution is -2.49. The van der Waals surface area contributed by atoms with E-state index in [0.29, 0.717) is 0 Å². The second-order valence-corrected chi connectivity index (χ2v) is 11.2.